The molecule has 12 atom stereocenters. The molecule has 0 unspecified atom stereocenters. The zero-order valence-corrected chi connectivity index (χ0v) is 56.9. The number of benzene rings is 3. The Morgan fingerprint density at radius 2 is 0.667 bits per heavy atom. The van der Waals surface area contributed by atoms with Crippen LogP contribution in [0.4, 0.5) is 0 Å². The van der Waals surface area contributed by atoms with Crippen LogP contribution >= 0.6 is 0 Å². The van der Waals surface area contributed by atoms with Gasteiger partial charge in [0.2, 0.25) is 0 Å². The Balaban J connectivity index is 0.000000203. The molecule has 6 aliphatic rings. The standard InChI is InChI=1S/3C24H38N2O4/c3*1-14(2)9-17-13-26-8-7-16-10-21(28-5)22(29-6)11-18(16)19(26)12-20(17)30-24(27)23(25)15(3)4/h3*10-11,14-15,17,19-20,23H,7-9,12-13,25H2,1-6H3/t3*17-,19-,20-,23-/m000/s1/i2*5D3;. The van der Waals surface area contributed by atoms with Crippen LogP contribution in [0.5, 0.6) is 34.5 Å². The largest absolute Gasteiger partial charge is 0.493 e. The van der Waals surface area contributed by atoms with Gasteiger partial charge >= 0.3 is 17.9 Å². The molecule has 90 heavy (non-hydrogen) atoms. The van der Waals surface area contributed by atoms with E-state index in [0.717, 1.165) is 118 Å². The predicted molar refractivity (Wildman–Crippen MR) is 353 cm³/mol. The quantitative estimate of drug-likeness (QED) is 0.0666. The molecule has 3 saturated heterocycles. The number of hydrogen-bond donors (Lipinski definition) is 3. The summed E-state index contributed by atoms with van der Waals surface area (Å²) in [6, 6.07) is 10.0. The molecular formula is C72H114N6O12. The number of methoxy groups -OCH3 is 6. The van der Waals surface area contributed by atoms with Gasteiger partial charge in [-0.1, -0.05) is 83.1 Å². The highest BCUT2D eigenvalue weighted by Gasteiger charge is 2.45. The fraction of sp³-hybridized carbons (Fsp3) is 0.708. The van der Waals surface area contributed by atoms with Crippen molar-refractivity contribution in [3.63, 3.8) is 0 Å². The SMILES string of the molecule is COc1cc2c(cc1OC)[C@@H]1C[C@H](OC(=O)[C@@H](N)C(C)C)[C@@H](CC(C)C)CN1CC2.[2H]C([2H])([2H])Oc1cc2c(cc1OC)[C@@H]1C[C@H](OC(=O)[C@@H](N)C(C)C)[C@@H](CC(C)C)CN1CC2.[2H]C([2H])([2H])Oc1cc2c(cc1OC)[C@@H]1C[C@H](OC(=O)[C@@H](N)C(C)C)[C@@H](CC(C)C)CN1CC2. The predicted octanol–water partition coefficient (Wildman–Crippen LogP) is 10.7. The molecule has 3 aromatic rings. The van der Waals surface area contributed by atoms with Gasteiger partial charge in [-0.3, -0.25) is 29.1 Å². The second kappa shape index (κ2) is 32.5. The summed E-state index contributed by atoms with van der Waals surface area (Å²) in [6.07, 6.45) is 7.13. The molecule has 3 aromatic carbocycles. The summed E-state index contributed by atoms with van der Waals surface area (Å²) in [7, 11) is 1.25. The number of piperidine rings is 3. The van der Waals surface area contributed by atoms with E-state index in [9.17, 15) is 14.4 Å². The second-order valence-corrected chi connectivity index (χ2v) is 28.4. The summed E-state index contributed by atoms with van der Waals surface area (Å²) in [6.45, 7) is 30.1. The van der Waals surface area contributed by atoms with Crippen LogP contribution in [0.2, 0.25) is 0 Å². The molecule has 0 saturated carbocycles. The van der Waals surface area contributed by atoms with E-state index in [4.69, 9.17) is 68.1 Å². The minimum absolute atomic E-state index is 0.0115. The van der Waals surface area contributed by atoms with Crippen molar-refractivity contribution >= 4 is 17.9 Å². The molecule has 0 bridgehead atoms. The molecule has 0 spiro atoms. The number of nitrogens with zero attached hydrogens (tertiary/aromatic N) is 3. The highest BCUT2D eigenvalue weighted by atomic mass is 16.6. The molecule has 6 heterocycles. The summed E-state index contributed by atoms with van der Waals surface area (Å²) in [5.41, 5.74) is 25.0. The molecule has 0 aromatic heterocycles. The minimum atomic E-state index is -2.55. The van der Waals surface area contributed by atoms with E-state index in [0.29, 0.717) is 48.0 Å². The van der Waals surface area contributed by atoms with Crippen LogP contribution < -0.4 is 45.6 Å². The Kier molecular flexibility index (Phi) is 22.9. The fourth-order valence-corrected chi connectivity index (χ4v) is 14.5. The molecule has 6 N–H and O–H groups in total. The third-order valence-electron chi connectivity index (χ3n) is 19.6. The lowest BCUT2D eigenvalue weighted by Crippen LogP contribution is -2.51. The maximum absolute atomic E-state index is 12.7. The van der Waals surface area contributed by atoms with Gasteiger partial charge < -0.3 is 59.8 Å². The van der Waals surface area contributed by atoms with Crippen LogP contribution in [0.15, 0.2) is 36.4 Å². The van der Waals surface area contributed by atoms with Crippen molar-refractivity contribution in [2.45, 2.75) is 195 Å². The normalized spacial score (nSPS) is 26.2. The summed E-state index contributed by atoms with van der Waals surface area (Å²) in [5.74, 6) is 4.22. The lowest BCUT2D eigenvalue weighted by atomic mass is 9.79. The van der Waals surface area contributed by atoms with Gasteiger partial charge in [-0.15, -0.1) is 0 Å². The van der Waals surface area contributed by atoms with Crippen molar-refractivity contribution in [2.75, 3.05) is 81.8 Å². The maximum atomic E-state index is 12.7. The van der Waals surface area contributed by atoms with Gasteiger partial charge in [0.15, 0.2) is 34.5 Å². The highest BCUT2D eigenvalue weighted by molar-refractivity contribution is 5.77. The van der Waals surface area contributed by atoms with E-state index in [1.54, 1.807) is 26.4 Å². The summed E-state index contributed by atoms with van der Waals surface area (Å²) < 4.78 is 95.1. The van der Waals surface area contributed by atoms with Crippen molar-refractivity contribution in [3.8, 4) is 34.5 Å². The Morgan fingerprint density at radius 3 is 0.889 bits per heavy atom. The zero-order chi connectivity index (χ0) is 71.0. The molecular weight excluding hydrogens is 1140 g/mol. The molecule has 3 fully saturated rings. The van der Waals surface area contributed by atoms with E-state index in [2.05, 4.69) is 68.4 Å². The third kappa shape index (κ3) is 17.5. The summed E-state index contributed by atoms with van der Waals surface area (Å²) in [4.78, 5) is 45.6. The van der Waals surface area contributed by atoms with Crippen molar-refractivity contribution < 1.29 is 65.2 Å². The van der Waals surface area contributed by atoms with Gasteiger partial charge in [-0.2, -0.15) is 0 Å². The number of nitrogens with two attached hydrogens (primary N) is 3. The van der Waals surface area contributed by atoms with Crippen molar-refractivity contribution in [1.29, 1.82) is 0 Å². The first kappa shape index (κ1) is 63.4. The van der Waals surface area contributed by atoms with Gasteiger partial charge in [0.25, 0.3) is 0 Å². The number of carbonyl (C=O) groups is 3. The maximum Gasteiger partial charge on any atom is 0.323 e. The molecule has 0 amide bonds. The van der Waals surface area contributed by atoms with Gasteiger partial charge in [0, 0.05) is 94.4 Å². The fourth-order valence-electron chi connectivity index (χ4n) is 14.5. The lowest BCUT2D eigenvalue weighted by molar-refractivity contribution is -0.161. The zero-order valence-electron chi connectivity index (χ0n) is 62.9. The first-order chi connectivity index (χ1) is 45.0. The molecule has 9 rings (SSSR count). The van der Waals surface area contributed by atoms with Crippen LogP contribution in [0.1, 0.15) is 181 Å². The molecule has 504 valence electrons. The molecule has 0 aliphatic carbocycles. The second-order valence-electron chi connectivity index (χ2n) is 28.4. The van der Waals surface area contributed by atoms with Gasteiger partial charge in [-0.25, -0.2) is 0 Å². The summed E-state index contributed by atoms with van der Waals surface area (Å²) >= 11 is 0. The van der Waals surface area contributed by atoms with Crippen molar-refractivity contribution in [2.24, 2.45) is 70.5 Å². The van der Waals surface area contributed by atoms with Gasteiger partial charge in [-0.05, 0) is 144 Å². The average molecular weight is 1260 g/mol. The van der Waals surface area contributed by atoms with Crippen LogP contribution in [0, 0.1) is 53.3 Å². The average Bonchev–Trinajstić information content (AvgIpc) is 0.776. The van der Waals surface area contributed by atoms with E-state index >= 15 is 0 Å². The Morgan fingerprint density at radius 1 is 0.422 bits per heavy atom. The topological polar surface area (TPSA) is 222 Å². The molecule has 18 heteroatoms. The molecule has 0 radical (unpaired) electrons. The van der Waals surface area contributed by atoms with Crippen molar-refractivity contribution in [1.82, 2.24) is 14.7 Å². The highest BCUT2D eigenvalue weighted by Crippen LogP contribution is 2.48. The van der Waals surface area contributed by atoms with Crippen molar-refractivity contribution in [3.05, 3.63) is 69.8 Å². The first-order valence-corrected chi connectivity index (χ1v) is 33.2. The van der Waals surface area contributed by atoms with Crippen LogP contribution in [0.25, 0.3) is 0 Å². The van der Waals surface area contributed by atoms with E-state index in [1.807, 2.05) is 53.7 Å². The van der Waals surface area contributed by atoms with Gasteiger partial charge in [0.1, 0.15) is 36.4 Å². The minimum Gasteiger partial charge on any atom is -0.493 e. The van der Waals surface area contributed by atoms with E-state index < -0.39 is 32.2 Å². The van der Waals surface area contributed by atoms with Crippen LogP contribution in [-0.4, -0.2) is 151 Å². The number of fused-ring (bicyclic) bond motifs is 9. The van der Waals surface area contributed by atoms with Gasteiger partial charge in [0.05, 0.1) is 50.7 Å². The third-order valence-corrected chi connectivity index (χ3v) is 19.6. The monoisotopic (exact) mass is 1260 g/mol. The van der Waals surface area contributed by atoms with E-state index in [1.165, 1.54) is 25.3 Å². The summed E-state index contributed by atoms with van der Waals surface area (Å²) in [5, 5.41) is 0. The van der Waals surface area contributed by atoms with Crippen LogP contribution in [-0.2, 0) is 47.9 Å². The number of hydrogen-bond acceptors (Lipinski definition) is 18. The van der Waals surface area contributed by atoms with E-state index in [-0.39, 0.29) is 95.4 Å². The first-order valence-electron chi connectivity index (χ1n) is 36.2. The number of carbonyl (C=O) groups excluding carboxylic acids is 3. The Hall–Kier alpha value is -5.37. The number of ether oxygens (including phenoxy) is 9. The molecule has 6 aliphatic heterocycles. The Bertz CT molecular complexity index is 2940. The van der Waals surface area contributed by atoms with Crippen LogP contribution in [0.3, 0.4) is 0 Å². The number of esters is 3. The molecule has 18 nitrogen and oxygen atoms in total. The Labute approximate surface area is 547 Å². The smallest absolute Gasteiger partial charge is 0.323 e. The lowest BCUT2D eigenvalue weighted by Gasteiger charge is -2.47. The number of rotatable bonds is 21.